The Morgan fingerprint density at radius 3 is 2.26 bits per heavy atom. The molecule has 0 spiro atoms. The number of carbonyl (C=O) groups excluding carboxylic acids is 1. The lowest BCUT2D eigenvalue weighted by Gasteiger charge is -2.15. The molecule has 8 nitrogen and oxygen atoms in total. The molecule has 0 aliphatic heterocycles. The minimum absolute atomic E-state index is 0.269. The lowest BCUT2D eigenvalue weighted by Crippen LogP contribution is -2.17. The monoisotopic (exact) mass is 539 g/mol. The Morgan fingerprint density at radius 2 is 1.58 bits per heavy atom. The molecule has 3 aromatic rings. The maximum absolute atomic E-state index is 12.1. The number of hydrazone groups is 1. The normalized spacial score (nSPS) is 10.8. The summed E-state index contributed by atoms with van der Waals surface area (Å²) in [5.74, 6) is 2.11. The first-order chi connectivity index (χ1) is 18.6. The highest BCUT2D eigenvalue weighted by Gasteiger charge is 2.13. The zero-order valence-corrected chi connectivity index (χ0v) is 22.6. The topological polar surface area (TPSA) is 91.3 Å². The van der Waals surface area contributed by atoms with Crippen molar-refractivity contribution < 1.29 is 23.7 Å². The van der Waals surface area contributed by atoms with Crippen molar-refractivity contribution in [3.63, 3.8) is 0 Å². The number of hydrogen-bond donors (Lipinski definition) is 1. The zero-order valence-electron chi connectivity index (χ0n) is 21.8. The number of benzene rings is 2. The van der Waals surface area contributed by atoms with Crippen LogP contribution in [0.15, 0.2) is 66.0 Å². The summed E-state index contributed by atoms with van der Waals surface area (Å²) in [5.41, 5.74) is 3.57. The van der Waals surface area contributed by atoms with Crippen molar-refractivity contribution in [3.05, 3.63) is 77.1 Å². The molecule has 2 aromatic carbocycles. The van der Waals surface area contributed by atoms with Crippen molar-refractivity contribution in [2.75, 3.05) is 26.4 Å². The van der Waals surface area contributed by atoms with Crippen LogP contribution in [0.25, 0.3) is 0 Å². The van der Waals surface area contributed by atoms with Crippen LogP contribution in [0.2, 0.25) is 5.02 Å². The number of nitrogens with one attached hydrogen (secondary N) is 1. The van der Waals surface area contributed by atoms with E-state index in [1.54, 1.807) is 36.7 Å². The van der Waals surface area contributed by atoms with Crippen LogP contribution < -0.4 is 24.4 Å². The van der Waals surface area contributed by atoms with E-state index >= 15 is 0 Å². The molecule has 1 aromatic heterocycles. The first-order valence-corrected chi connectivity index (χ1v) is 13.2. The van der Waals surface area contributed by atoms with Gasteiger partial charge >= 0.3 is 0 Å². The Balaban J connectivity index is 1.49. The Labute approximate surface area is 228 Å². The molecule has 0 atom stereocenters. The number of nitrogens with zero attached hydrogens (tertiary/aromatic N) is 2. The van der Waals surface area contributed by atoms with Gasteiger partial charge < -0.3 is 18.9 Å². The number of aromatic nitrogens is 1. The van der Waals surface area contributed by atoms with Gasteiger partial charge in [0.2, 0.25) is 0 Å². The fraction of sp³-hybridized carbons (Fsp3) is 0.345. The average molecular weight is 540 g/mol. The summed E-state index contributed by atoms with van der Waals surface area (Å²) in [4.78, 5) is 16.0. The van der Waals surface area contributed by atoms with Gasteiger partial charge in [-0.1, -0.05) is 37.8 Å². The molecule has 3 rings (SSSR count). The van der Waals surface area contributed by atoms with E-state index in [1.165, 1.54) is 25.5 Å². The average Bonchev–Trinajstić information content (AvgIpc) is 2.93. The van der Waals surface area contributed by atoms with Gasteiger partial charge in [-0.2, -0.15) is 5.10 Å². The highest BCUT2D eigenvalue weighted by atomic mass is 35.5. The van der Waals surface area contributed by atoms with Crippen LogP contribution in [0, 0.1) is 0 Å². The fourth-order valence-corrected chi connectivity index (χ4v) is 3.73. The van der Waals surface area contributed by atoms with E-state index in [2.05, 4.69) is 22.4 Å². The summed E-state index contributed by atoms with van der Waals surface area (Å²) < 4.78 is 23.1. The van der Waals surface area contributed by atoms with Crippen molar-refractivity contribution in [2.24, 2.45) is 5.10 Å². The third-order valence-electron chi connectivity index (χ3n) is 5.34. The molecule has 1 N–H and O–H groups in total. The van der Waals surface area contributed by atoms with Gasteiger partial charge in [-0.25, -0.2) is 5.43 Å². The Hall–Kier alpha value is -3.78. The predicted molar refractivity (Wildman–Crippen MR) is 149 cm³/mol. The maximum atomic E-state index is 12.1. The fourth-order valence-electron chi connectivity index (χ4n) is 3.45. The van der Waals surface area contributed by atoms with E-state index in [0.29, 0.717) is 40.9 Å². The quantitative estimate of drug-likeness (QED) is 0.130. The smallest absolute Gasteiger partial charge is 0.271 e. The molecular weight excluding hydrogens is 506 g/mol. The molecule has 0 saturated carbocycles. The van der Waals surface area contributed by atoms with Crippen molar-refractivity contribution in [3.8, 4) is 23.0 Å². The van der Waals surface area contributed by atoms with Gasteiger partial charge in [-0.3, -0.25) is 9.78 Å². The summed E-state index contributed by atoms with van der Waals surface area (Å²) in [5, 5.41) is 4.36. The third-order valence-corrected chi connectivity index (χ3v) is 5.62. The van der Waals surface area contributed by atoms with Gasteiger partial charge in [0.1, 0.15) is 24.7 Å². The molecule has 1 amide bonds. The summed E-state index contributed by atoms with van der Waals surface area (Å²) in [6.07, 6.45) is 9.27. The van der Waals surface area contributed by atoms with Gasteiger partial charge in [0.15, 0.2) is 11.5 Å². The molecule has 1 heterocycles. The van der Waals surface area contributed by atoms with E-state index in [9.17, 15) is 4.79 Å². The predicted octanol–water partition coefficient (Wildman–Crippen LogP) is 6.31. The lowest BCUT2D eigenvalue weighted by atomic mass is 10.2. The van der Waals surface area contributed by atoms with E-state index < -0.39 is 0 Å². The van der Waals surface area contributed by atoms with Crippen molar-refractivity contribution in [2.45, 2.75) is 39.5 Å². The number of amides is 1. The summed E-state index contributed by atoms with van der Waals surface area (Å²) in [7, 11) is 0. The molecule has 38 heavy (non-hydrogen) atoms. The van der Waals surface area contributed by atoms with E-state index in [0.717, 1.165) is 24.5 Å². The van der Waals surface area contributed by atoms with Crippen molar-refractivity contribution >= 4 is 23.7 Å². The number of halogens is 1. The minimum Gasteiger partial charge on any atom is -0.494 e. The van der Waals surface area contributed by atoms with Crippen LogP contribution in [0.3, 0.4) is 0 Å². The molecule has 9 heteroatoms. The van der Waals surface area contributed by atoms with E-state index in [4.69, 9.17) is 30.5 Å². The van der Waals surface area contributed by atoms with E-state index in [-0.39, 0.29) is 12.5 Å². The highest BCUT2D eigenvalue weighted by molar-refractivity contribution is 6.32. The van der Waals surface area contributed by atoms with Gasteiger partial charge in [0.25, 0.3) is 5.91 Å². The summed E-state index contributed by atoms with van der Waals surface area (Å²) in [6.45, 7) is 5.81. The Bertz CT molecular complexity index is 1160. The number of pyridine rings is 1. The van der Waals surface area contributed by atoms with Crippen LogP contribution in [0.1, 0.15) is 55.5 Å². The minimum atomic E-state index is -0.343. The molecule has 0 unspecified atom stereocenters. The first-order valence-electron chi connectivity index (χ1n) is 12.8. The number of carbonyl (C=O) groups is 1. The van der Waals surface area contributed by atoms with Crippen LogP contribution in [0.4, 0.5) is 0 Å². The van der Waals surface area contributed by atoms with Crippen LogP contribution >= 0.6 is 11.6 Å². The molecule has 0 saturated heterocycles. The first kappa shape index (κ1) is 28.8. The number of ether oxygens (including phenoxy) is 4. The number of hydrogen-bond acceptors (Lipinski definition) is 7. The molecule has 0 fully saturated rings. The van der Waals surface area contributed by atoms with Crippen molar-refractivity contribution in [1.29, 1.82) is 0 Å². The Kier molecular flexibility index (Phi) is 12.2. The highest BCUT2D eigenvalue weighted by Crippen LogP contribution is 2.36. The number of unbranched alkanes of at least 4 members (excludes halogenated alkanes) is 3. The van der Waals surface area contributed by atoms with Gasteiger partial charge in [-0.15, -0.1) is 0 Å². The molecule has 202 valence electrons. The van der Waals surface area contributed by atoms with Gasteiger partial charge in [-0.05, 0) is 67.4 Å². The molecule has 0 bridgehead atoms. The molecular formula is C29H34ClN3O5. The molecule has 0 aliphatic carbocycles. The maximum Gasteiger partial charge on any atom is 0.271 e. The van der Waals surface area contributed by atoms with Gasteiger partial charge in [0, 0.05) is 18.0 Å². The summed E-state index contributed by atoms with van der Waals surface area (Å²) in [6, 6.07) is 14.2. The van der Waals surface area contributed by atoms with Gasteiger partial charge in [0.05, 0.1) is 24.5 Å². The largest absolute Gasteiger partial charge is 0.494 e. The summed E-state index contributed by atoms with van der Waals surface area (Å²) >= 11 is 6.47. The molecule has 0 aliphatic rings. The van der Waals surface area contributed by atoms with Crippen molar-refractivity contribution in [1.82, 2.24) is 10.4 Å². The molecule has 0 radical (unpaired) electrons. The lowest BCUT2D eigenvalue weighted by molar-refractivity contribution is 0.0955. The second-order valence-corrected chi connectivity index (χ2v) is 8.68. The SMILES string of the molecule is CCCCCCOc1ccc(OCCOc2c(Cl)cc(/C=N\NC(=O)c3ccncc3)cc2OCC)cc1. The van der Waals surface area contributed by atoms with Crippen LogP contribution in [-0.2, 0) is 0 Å². The zero-order chi connectivity index (χ0) is 27.0. The Morgan fingerprint density at radius 1 is 0.895 bits per heavy atom. The third kappa shape index (κ3) is 9.59. The standard InChI is InChI=1S/C29H34ClN3O5/c1-3-5-6-7-16-36-24-8-10-25(11-9-24)37-17-18-38-28-26(30)19-22(20-27(28)35-4-2)21-32-33-29(34)23-12-14-31-15-13-23/h8-15,19-21H,3-7,16-18H2,1-2H3,(H,33,34)/b32-21-. The van der Waals surface area contributed by atoms with Crippen LogP contribution in [-0.4, -0.2) is 43.5 Å². The number of rotatable bonds is 16. The van der Waals surface area contributed by atoms with E-state index in [1.807, 2.05) is 31.2 Å². The second kappa shape index (κ2) is 16.1. The van der Waals surface area contributed by atoms with Crippen LogP contribution in [0.5, 0.6) is 23.0 Å². The second-order valence-electron chi connectivity index (χ2n) is 8.28.